The molecule has 2 rings (SSSR count). The molecule has 2 aliphatic heterocycles. The van der Waals surface area contributed by atoms with E-state index < -0.39 is 74.6 Å². The van der Waals surface area contributed by atoms with Gasteiger partial charge in [0.1, 0.15) is 49.3 Å². The molecule has 11 nitrogen and oxygen atoms in total. The van der Waals surface area contributed by atoms with Gasteiger partial charge in [-0.3, -0.25) is 0 Å². The Morgan fingerprint density at radius 2 is 1.39 bits per heavy atom. The van der Waals surface area contributed by atoms with Crippen molar-refractivity contribution in [2.45, 2.75) is 54.8 Å². The maximum atomic E-state index is 10.00. The Morgan fingerprint density at radius 1 is 0.783 bits per heavy atom. The quantitative estimate of drug-likeness (QED) is 0.238. The largest absolute Gasteiger partial charge is 0.394 e. The fourth-order valence-electron chi connectivity index (χ4n) is 2.63. The summed E-state index contributed by atoms with van der Waals surface area (Å²) in [5, 5.41) is 76.7. The lowest BCUT2D eigenvalue weighted by Gasteiger charge is -2.43. The first-order valence-electron chi connectivity index (χ1n) is 7.05. The number of hydrogen-bond donors (Lipinski definition) is 8. The van der Waals surface area contributed by atoms with Crippen molar-refractivity contribution in [2.24, 2.45) is 0 Å². The summed E-state index contributed by atoms with van der Waals surface area (Å²) in [5.41, 5.74) is 0. The molecule has 23 heavy (non-hydrogen) atoms. The minimum Gasteiger partial charge on any atom is -0.394 e. The normalized spacial score (nSPS) is 51.1. The lowest BCUT2D eigenvalue weighted by atomic mass is 9.99. The Morgan fingerprint density at radius 3 is 1.87 bits per heavy atom. The van der Waals surface area contributed by atoms with E-state index in [-0.39, 0.29) is 0 Å². The van der Waals surface area contributed by atoms with Gasteiger partial charge in [0.25, 0.3) is 0 Å². The van der Waals surface area contributed by atoms with Gasteiger partial charge in [-0.05, 0) is 0 Å². The average molecular weight is 342 g/mol. The molecule has 2 saturated heterocycles. The van der Waals surface area contributed by atoms with Gasteiger partial charge in [0.15, 0.2) is 6.29 Å². The maximum Gasteiger partial charge on any atom is 0.224 e. The van der Waals surface area contributed by atoms with Gasteiger partial charge in [0.05, 0.1) is 13.2 Å². The summed E-state index contributed by atoms with van der Waals surface area (Å²) in [6, 6.07) is 0. The highest BCUT2D eigenvalue weighted by Gasteiger charge is 2.58. The van der Waals surface area contributed by atoms with Gasteiger partial charge in [-0.2, -0.15) is 0 Å². The molecule has 0 radical (unpaired) electrons. The summed E-state index contributed by atoms with van der Waals surface area (Å²) >= 11 is 0. The van der Waals surface area contributed by atoms with Gasteiger partial charge in [0, 0.05) is 0 Å². The number of ether oxygens (including phenoxy) is 3. The second kappa shape index (κ2) is 7.21. The molecular weight excluding hydrogens is 320 g/mol. The monoisotopic (exact) mass is 342 g/mol. The van der Waals surface area contributed by atoms with Crippen molar-refractivity contribution >= 4 is 0 Å². The molecule has 9 atom stereocenters. The number of aliphatic hydroxyl groups is 8. The van der Waals surface area contributed by atoms with Crippen molar-refractivity contribution in [2.75, 3.05) is 19.8 Å². The number of hydrogen-bond acceptors (Lipinski definition) is 11. The van der Waals surface area contributed by atoms with Gasteiger partial charge >= 0.3 is 0 Å². The van der Waals surface area contributed by atoms with Crippen molar-refractivity contribution in [3.8, 4) is 0 Å². The average Bonchev–Trinajstić information content (AvgIpc) is 2.80. The molecule has 8 N–H and O–H groups in total. The molecule has 11 heteroatoms. The van der Waals surface area contributed by atoms with Crippen molar-refractivity contribution < 1.29 is 55.1 Å². The van der Waals surface area contributed by atoms with Crippen LogP contribution >= 0.6 is 0 Å². The third-order valence-electron chi connectivity index (χ3n) is 4.07. The predicted molar refractivity (Wildman–Crippen MR) is 68.6 cm³/mol. The zero-order valence-corrected chi connectivity index (χ0v) is 12.0. The molecule has 0 bridgehead atoms. The zero-order chi connectivity index (χ0) is 17.4. The molecule has 0 aromatic carbocycles. The van der Waals surface area contributed by atoms with Crippen LogP contribution < -0.4 is 0 Å². The summed E-state index contributed by atoms with van der Waals surface area (Å²) in [6.07, 6.45) is -12.7. The summed E-state index contributed by atoms with van der Waals surface area (Å²) in [6.45, 7) is -2.32. The summed E-state index contributed by atoms with van der Waals surface area (Å²) in [4.78, 5) is 0. The van der Waals surface area contributed by atoms with Crippen LogP contribution in [0.25, 0.3) is 0 Å². The highest BCUT2D eigenvalue weighted by atomic mass is 16.8. The molecule has 0 aromatic heterocycles. The summed E-state index contributed by atoms with van der Waals surface area (Å²) in [7, 11) is 0. The van der Waals surface area contributed by atoms with Crippen LogP contribution in [-0.4, -0.2) is 115 Å². The van der Waals surface area contributed by atoms with Crippen LogP contribution in [0, 0.1) is 0 Å². The third-order valence-corrected chi connectivity index (χ3v) is 4.07. The Labute approximate surface area is 130 Å². The van der Waals surface area contributed by atoms with Crippen molar-refractivity contribution in [1.82, 2.24) is 0 Å². The van der Waals surface area contributed by atoms with Crippen LogP contribution in [0.1, 0.15) is 0 Å². The fraction of sp³-hybridized carbons (Fsp3) is 1.00. The van der Waals surface area contributed by atoms with Gasteiger partial charge in [-0.15, -0.1) is 0 Å². The second-order valence-electron chi connectivity index (χ2n) is 5.56. The smallest absolute Gasteiger partial charge is 0.224 e. The Bertz CT molecular complexity index is 393. The van der Waals surface area contributed by atoms with E-state index in [4.69, 9.17) is 24.4 Å². The van der Waals surface area contributed by atoms with E-state index in [0.29, 0.717) is 0 Å². The fourth-order valence-corrected chi connectivity index (χ4v) is 2.63. The predicted octanol–water partition coefficient (Wildman–Crippen LogP) is -5.40. The molecule has 2 fully saturated rings. The van der Waals surface area contributed by atoms with Crippen molar-refractivity contribution in [3.63, 3.8) is 0 Å². The molecule has 0 aliphatic carbocycles. The first-order valence-corrected chi connectivity index (χ1v) is 7.05. The highest BCUT2D eigenvalue weighted by molar-refractivity contribution is 4.98. The van der Waals surface area contributed by atoms with E-state index >= 15 is 0 Å². The maximum absolute atomic E-state index is 10.00. The first kappa shape index (κ1) is 18.9. The Kier molecular flexibility index (Phi) is 5.92. The molecule has 0 spiro atoms. The molecule has 0 aromatic rings. The minimum atomic E-state index is -2.22. The van der Waals surface area contributed by atoms with E-state index in [1.807, 2.05) is 0 Å². The van der Waals surface area contributed by atoms with Gasteiger partial charge in [-0.1, -0.05) is 0 Å². The van der Waals surface area contributed by atoms with Crippen LogP contribution in [0.5, 0.6) is 0 Å². The van der Waals surface area contributed by atoms with Gasteiger partial charge in [-0.25, -0.2) is 0 Å². The van der Waals surface area contributed by atoms with E-state index in [9.17, 15) is 30.6 Å². The number of aliphatic hydroxyl groups excluding tert-OH is 8. The van der Waals surface area contributed by atoms with E-state index in [1.165, 1.54) is 0 Å². The van der Waals surface area contributed by atoms with Gasteiger partial charge in [0.2, 0.25) is 5.79 Å². The van der Waals surface area contributed by atoms with Crippen molar-refractivity contribution in [1.29, 1.82) is 0 Å². The lowest BCUT2D eigenvalue weighted by Crippen LogP contribution is -2.62. The Balaban J connectivity index is 2.18. The van der Waals surface area contributed by atoms with E-state index in [2.05, 4.69) is 0 Å². The van der Waals surface area contributed by atoms with Crippen LogP contribution in [0.15, 0.2) is 0 Å². The first-order chi connectivity index (χ1) is 10.8. The summed E-state index contributed by atoms with van der Waals surface area (Å²) < 4.78 is 15.4. The SMILES string of the molecule is OC[C@@H]1O[C@H](O[C@]2(CO)O[C@H](CO)[C@@H](O)[C@@H]2O)[C@H](O)[C@@H](O)[C@@H]1O. The van der Waals surface area contributed by atoms with E-state index in [0.717, 1.165) is 0 Å². The molecule has 0 amide bonds. The zero-order valence-electron chi connectivity index (χ0n) is 12.0. The number of rotatable bonds is 5. The second-order valence-corrected chi connectivity index (χ2v) is 5.56. The minimum absolute atomic E-state index is 0.669. The Hall–Kier alpha value is -0.440. The van der Waals surface area contributed by atoms with Gasteiger partial charge < -0.3 is 55.1 Å². The lowest BCUT2D eigenvalue weighted by molar-refractivity contribution is -0.383. The highest BCUT2D eigenvalue weighted by Crippen LogP contribution is 2.35. The molecule has 0 unspecified atom stereocenters. The third kappa shape index (κ3) is 3.23. The van der Waals surface area contributed by atoms with Crippen LogP contribution in [0.2, 0.25) is 0 Å². The standard InChI is InChI=1S/C12H22O11/c13-1-4-6(16)8(18)9(19)11(21-4)23-12(3-15)10(20)7(17)5(2-14)22-12/h4-11,13-20H,1-3H2/t4-,5+,6+,7+,8-,9+,10-,11+,12-/m0/s1. The summed E-state index contributed by atoms with van der Waals surface area (Å²) in [5.74, 6) is -2.22. The molecule has 136 valence electrons. The molecule has 0 saturated carbocycles. The molecule has 2 aliphatic rings. The van der Waals surface area contributed by atoms with E-state index in [1.54, 1.807) is 0 Å². The molecular formula is C12H22O11. The molecule has 2 heterocycles. The van der Waals surface area contributed by atoms with Crippen molar-refractivity contribution in [3.05, 3.63) is 0 Å². The van der Waals surface area contributed by atoms with Crippen LogP contribution in [0.3, 0.4) is 0 Å². The van der Waals surface area contributed by atoms with Crippen LogP contribution in [-0.2, 0) is 14.2 Å². The van der Waals surface area contributed by atoms with Crippen LogP contribution in [0.4, 0.5) is 0 Å². The topological polar surface area (TPSA) is 190 Å².